The van der Waals surface area contributed by atoms with Crippen LogP contribution < -0.4 is 10.6 Å². The summed E-state index contributed by atoms with van der Waals surface area (Å²) < 4.78 is 0. The molecule has 0 unspecified atom stereocenters. The van der Waals surface area contributed by atoms with Crippen molar-refractivity contribution >= 4 is 29.9 Å². The van der Waals surface area contributed by atoms with Crippen LogP contribution in [0.4, 0.5) is 0 Å². The van der Waals surface area contributed by atoms with Crippen LogP contribution in [0.2, 0.25) is 0 Å². The molecule has 3 rings (SSSR count). The molecule has 0 saturated carbocycles. The van der Waals surface area contributed by atoms with Gasteiger partial charge < -0.3 is 15.5 Å². The molecule has 0 spiro atoms. The van der Waals surface area contributed by atoms with Gasteiger partial charge in [0.1, 0.15) is 0 Å². The van der Waals surface area contributed by atoms with E-state index in [1.54, 1.807) is 0 Å². The van der Waals surface area contributed by atoms with Gasteiger partial charge in [0.2, 0.25) is 0 Å². The summed E-state index contributed by atoms with van der Waals surface area (Å²) in [6.07, 6.45) is 6.47. The number of nitrogens with one attached hydrogen (secondary N) is 2. The fourth-order valence-electron chi connectivity index (χ4n) is 4.37. The summed E-state index contributed by atoms with van der Waals surface area (Å²) in [5, 5.41) is 7.08. The average Bonchev–Trinajstić information content (AvgIpc) is 2.74. The zero-order chi connectivity index (χ0) is 20.5. The molecule has 0 aliphatic carbocycles. The molecule has 30 heavy (non-hydrogen) atoms. The summed E-state index contributed by atoms with van der Waals surface area (Å²) >= 11 is 0. The molecule has 0 radical (unpaired) electrons. The molecule has 2 fully saturated rings. The minimum atomic E-state index is 0. The Morgan fingerprint density at radius 3 is 2.23 bits per heavy atom. The second-order valence-electron chi connectivity index (χ2n) is 8.90. The minimum absolute atomic E-state index is 0. The summed E-state index contributed by atoms with van der Waals surface area (Å²) in [6.45, 7) is 14.3. The highest BCUT2D eigenvalue weighted by molar-refractivity contribution is 14.0. The first-order valence-electron chi connectivity index (χ1n) is 11.7. The van der Waals surface area contributed by atoms with E-state index in [4.69, 9.17) is 4.99 Å². The number of benzene rings is 1. The van der Waals surface area contributed by atoms with Crippen molar-refractivity contribution in [2.24, 2.45) is 4.99 Å². The van der Waals surface area contributed by atoms with Gasteiger partial charge in [-0.2, -0.15) is 0 Å². The quantitative estimate of drug-likeness (QED) is 0.317. The van der Waals surface area contributed by atoms with Crippen molar-refractivity contribution in [1.29, 1.82) is 0 Å². The number of hydrogen-bond donors (Lipinski definition) is 2. The molecule has 2 heterocycles. The number of hydrogen-bond acceptors (Lipinski definition) is 3. The third kappa shape index (κ3) is 8.35. The Labute approximate surface area is 201 Å². The maximum Gasteiger partial charge on any atom is 0.191 e. The lowest BCUT2D eigenvalue weighted by molar-refractivity contribution is 0.167. The molecule has 5 nitrogen and oxygen atoms in total. The molecule has 170 valence electrons. The van der Waals surface area contributed by atoms with E-state index in [0.29, 0.717) is 12.1 Å². The maximum absolute atomic E-state index is 4.85. The smallest absolute Gasteiger partial charge is 0.191 e. The lowest BCUT2D eigenvalue weighted by Gasteiger charge is -2.35. The summed E-state index contributed by atoms with van der Waals surface area (Å²) in [4.78, 5) is 9.99. The largest absolute Gasteiger partial charge is 0.357 e. The molecule has 2 saturated heterocycles. The highest BCUT2D eigenvalue weighted by atomic mass is 127. The highest BCUT2D eigenvalue weighted by Crippen LogP contribution is 2.15. The van der Waals surface area contributed by atoms with Crippen LogP contribution in [-0.2, 0) is 13.1 Å². The monoisotopic (exact) mass is 527 g/mol. The van der Waals surface area contributed by atoms with Gasteiger partial charge in [-0.15, -0.1) is 24.0 Å². The predicted molar refractivity (Wildman–Crippen MR) is 139 cm³/mol. The number of aliphatic imine (C=N–C) groups is 1. The van der Waals surface area contributed by atoms with Crippen LogP contribution in [0.15, 0.2) is 29.3 Å². The molecular weight excluding hydrogens is 485 g/mol. The van der Waals surface area contributed by atoms with Crippen LogP contribution >= 0.6 is 24.0 Å². The number of nitrogens with zero attached hydrogens (tertiary/aromatic N) is 3. The van der Waals surface area contributed by atoms with E-state index in [1.807, 2.05) is 0 Å². The zero-order valence-corrected chi connectivity index (χ0v) is 21.5. The first kappa shape index (κ1) is 25.4. The molecular formula is C24H42IN5. The standard InChI is InChI=1S/C24H41N5.HI/c1-4-25-24(27-23-12-16-29(17-13-23)20(2)3)26-18-21-8-10-22(11-9-21)19-28-14-6-5-7-15-28;/h8-11,20,23H,4-7,12-19H2,1-3H3,(H2,25,26,27);1H. The first-order chi connectivity index (χ1) is 14.1. The Hall–Kier alpha value is -0.860. The number of rotatable bonds is 7. The number of likely N-dealkylation sites (tertiary alicyclic amines) is 2. The van der Waals surface area contributed by atoms with Crippen LogP contribution in [0.3, 0.4) is 0 Å². The topological polar surface area (TPSA) is 42.9 Å². The van der Waals surface area contributed by atoms with Gasteiger partial charge >= 0.3 is 0 Å². The fraction of sp³-hybridized carbons (Fsp3) is 0.708. The minimum Gasteiger partial charge on any atom is -0.357 e. The van der Waals surface area contributed by atoms with Crippen molar-refractivity contribution in [1.82, 2.24) is 20.4 Å². The summed E-state index contributed by atoms with van der Waals surface area (Å²) in [7, 11) is 0. The molecule has 0 amide bonds. The van der Waals surface area contributed by atoms with Gasteiger partial charge in [0.15, 0.2) is 5.96 Å². The zero-order valence-electron chi connectivity index (χ0n) is 19.2. The molecule has 0 aromatic heterocycles. The Kier molecular flexibility index (Phi) is 11.5. The summed E-state index contributed by atoms with van der Waals surface area (Å²) in [5.74, 6) is 0.952. The number of guanidine groups is 1. The molecule has 2 aliphatic rings. The van der Waals surface area contributed by atoms with Crippen LogP contribution in [0, 0.1) is 0 Å². The third-order valence-corrected chi connectivity index (χ3v) is 6.24. The Balaban J connectivity index is 0.00000320. The second kappa shape index (κ2) is 13.5. The van der Waals surface area contributed by atoms with Gasteiger partial charge in [-0.25, -0.2) is 4.99 Å². The summed E-state index contributed by atoms with van der Waals surface area (Å²) in [5.41, 5.74) is 2.70. The van der Waals surface area contributed by atoms with Crippen molar-refractivity contribution in [3.63, 3.8) is 0 Å². The fourth-order valence-corrected chi connectivity index (χ4v) is 4.37. The van der Waals surface area contributed by atoms with Crippen LogP contribution in [0.25, 0.3) is 0 Å². The molecule has 2 aliphatic heterocycles. The van der Waals surface area contributed by atoms with Crippen molar-refractivity contribution in [2.45, 2.75) is 78.0 Å². The lowest BCUT2D eigenvalue weighted by Crippen LogP contribution is -2.49. The van der Waals surface area contributed by atoms with Crippen LogP contribution in [0.5, 0.6) is 0 Å². The van der Waals surface area contributed by atoms with E-state index < -0.39 is 0 Å². The van der Waals surface area contributed by atoms with Crippen LogP contribution in [-0.4, -0.2) is 60.6 Å². The first-order valence-corrected chi connectivity index (χ1v) is 11.7. The van der Waals surface area contributed by atoms with E-state index in [2.05, 4.69) is 65.5 Å². The van der Waals surface area contributed by atoms with Gasteiger partial charge in [-0.3, -0.25) is 4.90 Å². The van der Waals surface area contributed by atoms with Gasteiger partial charge in [-0.05, 0) is 70.7 Å². The highest BCUT2D eigenvalue weighted by Gasteiger charge is 2.21. The van der Waals surface area contributed by atoms with Gasteiger partial charge in [0.05, 0.1) is 6.54 Å². The number of piperidine rings is 2. The van der Waals surface area contributed by atoms with Gasteiger partial charge in [-0.1, -0.05) is 30.7 Å². The SMILES string of the molecule is CCNC(=NCc1ccc(CN2CCCCC2)cc1)NC1CCN(C(C)C)CC1.I. The van der Waals surface area contributed by atoms with Gasteiger partial charge in [0.25, 0.3) is 0 Å². The van der Waals surface area contributed by atoms with Crippen LogP contribution in [0.1, 0.15) is 64.0 Å². The molecule has 0 bridgehead atoms. The Bertz CT molecular complexity index is 617. The third-order valence-electron chi connectivity index (χ3n) is 6.24. The Morgan fingerprint density at radius 1 is 1.00 bits per heavy atom. The van der Waals surface area contributed by atoms with Crippen molar-refractivity contribution in [3.8, 4) is 0 Å². The lowest BCUT2D eigenvalue weighted by atomic mass is 10.0. The average molecular weight is 528 g/mol. The molecule has 1 aromatic carbocycles. The molecule has 1 aromatic rings. The van der Waals surface area contributed by atoms with E-state index in [0.717, 1.165) is 25.6 Å². The normalized spacial score (nSPS) is 19.5. The van der Waals surface area contributed by atoms with E-state index in [1.165, 1.54) is 69.4 Å². The van der Waals surface area contributed by atoms with Gasteiger partial charge in [0, 0.05) is 38.3 Å². The molecule has 2 N–H and O–H groups in total. The molecule has 0 atom stereocenters. The molecule has 6 heteroatoms. The number of halogens is 1. The Morgan fingerprint density at radius 2 is 1.63 bits per heavy atom. The van der Waals surface area contributed by atoms with E-state index >= 15 is 0 Å². The van der Waals surface area contributed by atoms with Crippen molar-refractivity contribution in [3.05, 3.63) is 35.4 Å². The summed E-state index contributed by atoms with van der Waals surface area (Å²) in [6, 6.07) is 10.2. The van der Waals surface area contributed by atoms with Crippen molar-refractivity contribution in [2.75, 3.05) is 32.7 Å². The maximum atomic E-state index is 4.85. The predicted octanol–water partition coefficient (Wildman–Crippen LogP) is 4.22. The van der Waals surface area contributed by atoms with E-state index in [9.17, 15) is 0 Å². The second-order valence-corrected chi connectivity index (χ2v) is 8.90. The van der Waals surface area contributed by atoms with E-state index in [-0.39, 0.29) is 24.0 Å². The van der Waals surface area contributed by atoms with Crippen molar-refractivity contribution < 1.29 is 0 Å².